The van der Waals surface area contributed by atoms with Gasteiger partial charge in [0.1, 0.15) is 5.67 Å². The van der Waals surface area contributed by atoms with Crippen molar-refractivity contribution in [3.05, 3.63) is 35.4 Å². The summed E-state index contributed by atoms with van der Waals surface area (Å²) in [6.07, 6.45) is 0. The number of hydrogen-bond donors (Lipinski definition) is 1. The van der Waals surface area contributed by atoms with Crippen molar-refractivity contribution in [2.75, 3.05) is 13.1 Å². The summed E-state index contributed by atoms with van der Waals surface area (Å²) in [5.74, 6) is 0. The molecule has 0 bridgehead atoms. The average molecular weight is 208 g/mol. The predicted octanol–water partition coefficient (Wildman–Crippen LogP) is 1.69. The van der Waals surface area contributed by atoms with Gasteiger partial charge in [-0.05, 0) is 18.1 Å². The Hall–Kier alpha value is -0.930. The molecule has 2 N–H and O–H groups in total. The number of rotatable bonds is 3. The normalized spacial score (nSPS) is 19.9. The summed E-state index contributed by atoms with van der Waals surface area (Å²) in [4.78, 5) is 2.11. The molecule has 1 heterocycles. The van der Waals surface area contributed by atoms with Crippen LogP contribution in [0.2, 0.25) is 0 Å². The lowest BCUT2D eigenvalue weighted by molar-refractivity contribution is 0.115. The second-order valence-corrected chi connectivity index (χ2v) is 4.53. The van der Waals surface area contributed by atoms with Crippen LogP contribution in [-0.4, -0.2) is 23.7 Å². The maximum absolute atomic E-state index is 13.7. The summed E-state index contributed by atoms with van der Waals surface area (Å²) in [5, 5.41) is 0. The van der Waals surface area contributed by atoms with E-state index in [4.69, 9.17) is 5.73 Å². The number of fused-ring (bicyclic) bond motifs is 1. The molecule has 2 rings (SSSR count). The minimum absolute atomic E-state index is 0.0832. The fourth-order valence-corrected chi connectivity index (χ4v) is 2.05. The zero-order chi connectivity index (χ0) is 10.9. The SMILES string of the molecule is CC(F)(CN)CN1Cc2ccccc2C1. The molecule has 1 aromatic carbocycles. The second kappa shape index (κ2) is 3.91. The third kappa shape index (κ3) is 2.36. The van der Waals surface area contributed by atoms with Gasteiger partial charge in [0, 0.05) is 26.2 Å². The summed E-state index contributed by atoms with van der Waals surface area (Å²) >= 11 is 0. The van der Waals surface area contributed by atoms with Gasteiger partial charge in [-0.1, -0.05) is 24.3 Å². The number of nitrogens with two attached hydrogens (primary N) is 1. The van der Waals surface area contributed by atoms with E-state index in [2.05, 4.69) is 17.0 Å². The predicted molar refractivity (Wildman–Crippen MR) is 59.1 cm³/mol. The quantitative estimate of drug-likeness (QED) is 0.819. The summed E-state index contributed by atoms with van der Waals surface area (Å²) in [7, 11) is 0. The van der Waals surface area contributed by atoms with E-state index in [-0.39, 0.29) is 6.54 Å². The van der Waals surface area contributed by atoms with Gasteiger partial charge in [-0.3, -0.25) is 4.90 Å². The van der Waals surface area contributed by atoms with E-state index in [1.165, 1.54) is 11.1 Å². The van der Waals surface area contributed by atoms with Gasteiger partial charge in [0.15, 0.2) is 0 Å². The number of benzene rings is 1. The molecule has 0 amide bonds. The van der Waals surface area contributed by atoms with Gasteiger partial charge < -0.3 is 5.73 Å². The molecule has 82 valence electrons. The summed E-state index contributed by atoms with van der Waals surface area (Å²) in [6.45, 7) is 3.75. The van der Waals surface area contributed by atoms with Crippen LogP contribution in [0.25, 0.3) is 0 Å². The first kappa shape index (κ1) is 10.6. The molecule has 0 saturated heterocycles. The molecule has 0 aromatic heterocycles. The minimum Gasteiger partial charge on any atom is -0.327 e. The van der Waals surface area contributed by atoms with Crippen LogP contribution in [-0.2, 0) is 13.1 Å². The molecule has 1 aromatic rings. The maximum Gasteiger partial charge on any atom is 0.133 e. The van der Waals surface area contributed by atoms with E-state index in [1.54, 1.807) is 6.92 Å². The summed E-state index contributed by atoms with van der Waals surface area (Å²) in [5.41, 5.74) is 6.73. The molecule has 1 unspecified atom stereocenters. The maximum atomic E-state index is 13.7. The standard InChI is InChI=1S/C12H17FN2/c1-12(13,8-14)9-15-6-10-4-2-3-5-11(10)7-15/h2-5H,6-9,14H2,1H3. The third-order valence-electron chi connectivity index (χ3n) is 2.89. The van der Waals surface area contributed by atoms with Crippen LogP contribution in [0.5, 0.6) is 0 Å². The van der Waals surface area contributed by atoms with Gasteiger partial charge in [0.05, 0.1) is 0 Å². The lowest BCUT2D eigenvalue weighted by Crippen LogP contribution is -2.40. The lowest BCUT2D eigenvalue weighted by Gasteiger charge is -2.24. The fourth-order valence-electron chi connectivity index (χ4n) is 2.05. The highest BCUT2D eigenvalue weighted by Gasteiger charge is 2.28. The number of alkyl halides is 1. The fraction of sp³-hybridized carbons (Fsp3) is 0.500. The average Bonchev–Trinajstić information content (AvgIpc) is 2.58. The van der Waals surface area contributed by atoms with Crippen molar-refractivity contribution in [3.8, 4) is 0 Å². The Morgan fingerprint density at radius 2 is 1.87 bits per heavy atom. The Kier molecular flexibility index (Phi) is 2.76. The number of nitrogens with zero attached hydrogens (tertiary/aromatic N) is 1. The van der Waals surface area contributed by atoms with Crippen LogP contribution >= 0.6 is 0 Å². The molecule has 0 radical (unpaired) electrons. The Morgan fingerprint density at radius 3 is 2.33 bits per heavy atom. The van der Waals surface area contributed by atoms with Crippen molar-refractivity contribution in [2.45, 2.75) is 25.7 Å². The molecule has 1 atom stereocenters. The van der Waals surface area contributed by atoms with E-state index in [0.717, 1.165) is 13.1 Å². The van der Waals surface area contributed by atoms with Gasteiger partial charge in [-0.25, -0.2) is 4.39 Å². The molecule has 1 aliphatic heterocycles. The highest BCUT2D eigenvalue weighted by molar-refractivity contribution is 5.30. The van der Waals surface area contributed by atoms with Gasteiger partial charge >= 0.3 is 0 Å². The first-order chi connectivity index (χ1) is 7.11. The highest BCUT2D eigenvalue weighted by atomic mass is 19.1. The van der Waals surface area contributed by atoms with Crippen LogP contribution in [0.15, 0.2) is 24.3 Å². The van der Waals surface area contributed by atoms with Crippen molar-refractivity contribution in [1.29, 1.82) is 0 Å². The molecule has 2 nitrogen and oxygen atoms in total. The molecule has 0 spiro atoms. The highest BCUT2D eigenvalue weighted by Crippen LogP contribution is 2.24. The van der Waals surface area contributed by atoms with Gasteiger partial charge in [0.2, 0.25) is 0 Å². The monoisotopic (exact) mass is 208 g/mol. The zero-order valence-corrected chi connectivity index (χ0v) is 9.04. The van der Waals surface area contributed by atoms with Crippen LogP contribution in [0, 0.1) is 0 Å². The smallest absolute Gasteiger partial charge is 0.133 e. The van der Waals surface area contributed by atoms with Gasteiger partial charge in [0.25, 0.3) is 0 Å². The number of hydrogen-bond acceptors (Lipinski definition) is 2. The zero-order valence-electron chi connectivity index (χ0n) is 9.04. The van der Waals surface area contributed by atoms with Crippen molar-refractivity contribution in [2.24, 2.45) is 5.73 Å². The van der Waals surface area contributed by atoms with Crippen LogP contribution in [0.1, 0.15) is 18.1 Å². The van der Waals surface area contributed by atoms with Crippen LogP contribution in [0.4, 0.5) is 4.39 Å². The Labute approximate surface area is 89.9 Å². The summed E-state index contributed by atoms with van der Waals surface area (Å²) in [6, 6.07) is 8.26. The lowest BCUT2D eigenvalue weighted by atomic mass is 10.1. The summed E-state index contributed by atoms with van der Waals surface area (Å²) < 4.78 is 13.7. The van der Waals surface area contributed by atoms with Crippen LogP contribution in [0.3, 0.4) is 0 Å². The van der Waals surface area contributed by atoms with Crippen molar-refractivity contribution in [3.63, 3.8) is 0 Å². The molecular weight excluding hydrogens is 191 g/mol. The topological polar surface area (TPSA) is 29.3 Å². The third-order valence-corrected chi connectivity index (χ3v) is 2.89. The van der Waals surface area contributed by atoms with Crippen LogP contribution < -0.4 is 5.73 Å². The molecular formula is C12H17FN2. The van der Waals surface area contributed by atoms with Gasteiger partial charge in [-0.15, -0.1) is 0 Å². The first-order valence-electron chi connectivity index (χ1n) is 5.29. The first-order valence-corrected chi connectivity index (χ1v) is 5.29. The Bertz CT molecular complexity index is 324. The molecule has 15 heavy (non-hydrogen) atoms. The minimum atomic E-state index is -1.28. The van der Waals surface area contributed by atoms with E-state index < -0.39 is 5.67 Å². The van der Waals surface area contributed by atoms with E-state index in [0.29, 0.717) is 6.54 Å². The van der Waals surface area contributed by atoms with Crippen molar-refractivity contribution in [1.82, 2.24) is 4.90 Å². The van der Waals surface area contributed by atoms with Crippen molar-refractivity contribution >= 4 is 0 Å². The molecule has 0 aliphatic carbocycles. The molecule has 3 heteroatoms. The van der Waals surface area contributed by atoms with E-state index >= 15 is 0 Å². The Morgan fingerprint density at radius 1 is 1.33 bits per heavy atom. The van der Waals surface area contributed by atoms with Gasteiger partial charge in [-0.2, -0.15) is 0 Å². The molecule has 1 aliphatic rings. The van der Waals surface area contributed by atoms with E-state index in [1.807, 2.05) is 12.1 Å². The largest absolute Gasteiger partial charge is 0.327 e. The van der Waals surface area contributed by atoms with Crippen molar-refractivity contribution < 1.29 is 4.39 Å². The molecule has 0 saturated carbocycles. The van der Waals surface area contributed by atoms with E-state index in [9.17, 15) is 4.39 Å². The molecule has 0 fully saturated rings. The number of halogens is 1. The Balaban J connectivity index is 2.02. The second-order valence-electron chi connectivity index (χ2n) is 4.53.